The Balaban J connectivity index is 2.53. The number of hydrogen-bond acceptors (Lipinski definition) is 3. The zero-order chi connectivity index (χ0) is 14.8. The van der Waals surface area contributed by atoms with Crippen molar-refractivity contribution in [1.82, 2.24) is 10.2 Å². The Morgan fingerprint density at radius 2 is 2.05 bits per heavy atom. The van der Waals surface area contributed by atoms with Gasteiger partial charge in [-0.3, -0.25) is 14.4 Å². The summed E-state index contributed by atoms with van der Waals surface area (Å²) in [5.74, 6) is -1.60. The van der Waals surface area contributed by atoms with Gasteiger partial charge in [0.2, 0.25) is 11.8 Å². The lowest BCUT2D eigenvalue weighted by atomic mass is 9.93. The molecule has 2 amide bonds. The van der Waals surface area contributed by atoms with Gasteiger partial charge in [0.15, 0.2) is 0 Å². The van der Waals surface area contributed by atoms with E-state index in [2.05, 4.69) is 5.32 Å². The third-order valence-electron chi connectivity index (χ3n) is 3.44. The first kappa shape index (κ1) is 15.5. The van der Waals surface area contributed by atoms with Crippen molar-refractivity contribution < 1.29 is 19.5 Å². The molecule has 19 heavy (non-hydrogen) atoms. The number of carbonyl (C=O) groups is 3. The van der Waals surface area contributed by atoms with Crippen molar-refractivity contribution in [2.45, 2.75) is 40.2 Å². The van der Waals surface area contributed by atoms with Gasteiger partial charge in [-0.25, -0.2) is 0 Å². The number of hydrogen-bond donors (Lipinski definition) is 2. The van der Waals surface area contributed by atoms with E-state index in [1.807, 2.05) is 13.8 Å². The summed E-state index contributed by atoms with van der Waals surface area (Å²) in [6, 6.07) is 0.0840. The minimum atomic E-state index is -1.00. The number of carbonyl (C=O) groups excluding carboxylic acids is 2. The number of amides is 2. The fourth-order valence-corrected chi connectivity index (χ4v) is 1.93. The van der Waals surface area contributed by atoms with Crippen LogP contribution in [0.1, 0.15) is 34.1 Å². The summed E-state index contributed by atoms with van der Waals surface area (Å²) in [6.07, 6.45) is 0.206. The molecule has 1 aliphatic rings. The molecule has 0 aromatic heterocycles. The quantitative estimate of drug-likeness (QED) is 0.760. The molecule has 0 bridgehead atoms. The van der Waals surface area contributed by atoms with Crippen molar-refractivity contribution in [2.24, 2.45) is 11.3 Å². The van der Waals surface area contributed by atoms with Crippen LogP contribution in [0, 0.1) is 11.3 Å². The highest BCUT2D eigenvalue weighted by molar-refractivity contribution is 5.89. The maximum absolute atomic E-state index is 11.9. The minimum absolute atomic E-state index is 0.0207. The maximum atomic E-state index is 11.9. The molecule has 1 rings (SSSR count). The van der Waals surface area contributed by atoms with Crippen LogP contribution in [0.3, 0.4) is 0 Å². The van der Waals surface area contributed by atoms with Crippen LogP contribution < -0.4 is 5.32 Å². The smallest absolute Gasteiger partial charge is 0.310 e. The number of nitrogens with one attached hydrogen (secondary N) is 1. The summed E-state index contributed by atoms with van der Waals surface area (Å²) < 4.78 is 0. The molecule has 108 valence electrons. The Bertz CT molecular complexity index is 390. The van der Waals surface area contributed by atoms with Crippen molar-refractivity contribution >= 4 is 17.8 Å². The number of rotatable bonds is 5. The molecule has 1 aliphatic heterocycles. The summed E-state index contributed by atoms with van der Waals surface area (Å²) in [7, 11) is 0. The minimum Gasteiger partial charge on any atom is -0.481 e. The zero-order valence-electron chi connectivity index (χ0n) is 11.9. The number of carboxylic acid groups (broad SMARTS) is 1. The number of aliphatic carboxylic acids is 1. The highest BCUT2D eigenvalue weighted by Gasteiger charge is 2.36. The summed E-state index contributed by atoms with van der Waals surface area (Å²) in [5.41, 5.74) is -1.00. The molecule has 1 unspecified atom stereocenters. The Hall–Kier alpha value is -1.59. The summed E-state index contributed by atoms with van der Waals surface area (Å²) in [5, 5.41) is 11.6. The van der Waals surface area contributed by atoms with E-state index in [0.717, 1.165) is 0 Å². The number of carboxylic acids is 1. The standard InChI is InChI=1S/C13H22N2O4/c1-8(2)15-6-9(5-10(15)16)11(17)14-7-13(3,4)12(18)19/h8-9H,5-7H2,1-4H3,(H,14,17)(H,18,19). The molecule has 0 spiro atoms. The van der Waals surface area contributed by atoms with E-state index in [9.17, 15) is 14.4 Å². The summed E-state index contributed by atoms with van der Waals surface area (Å²) >= 11 is 0. The fourth-order valence-electron chi connectivity index (χ4n) is 1.93. The first-order chi connectivity index (χ1) is 8.65. The van der Waals surface area contributed by atoms with Gasteiger partial charge in [0.1, 0.15) is 0 Å². The van der Waals surface area contributed by atoms with Crippen LogP contribution in [0.2, 0.25) is 0 Å². The molecule has 6 heteroatoms. The van der Waals surface area contributed by atoms with E-state index in [-0.39, 0.29) is 36.7 Å². The lowest BCUT2D eigenvalue weighted by Gasteiger charge is -2.22. The van der Waals surface area contributed by atoms with Gasteiger partial charge in [0.05, 0.1) is 11.3 Å². The monoisotopic (exact) mass is 270 g/mol. The predicted molar refractivity (Wildman–Crippen MR) is 69.4 cm³/mol. The lowest BCUT2D eigenvalue weighted by molar-refractivity contribution is -0.147. The molecule has 0 aliphatic carbocycles. The van der Waals surface area contributed by atoms with Gasteiger partial charge < -0.3 is 15.3 Å². The van der Waals surface area contributed by atoms with Crippen LogP contribution in [-0.4, -0.2) is 46.9 Å². The van der Waals surface area contributed by atoms with E-state index in [0.29, 0.717) is 6.54 Å². The Labute approximate surface area is 113 Å². The molecular formula is C13H22N2O4. The van der Waals surface area contributed by atoms with E-state index < -0.39 is 11.4 Å². The molecule has 0 saturated carbocycles. The normalized spacial score (nSPS) is 19.9. The Kier molecular flexibility index (Phi) is 4.55. The van der Waals surface area contributed by atoms with E-state index in [1.54, 1.807) is 18.7 Å². The molecule has 1 atom stereocenters. The molecule has 1 heterocycles. The van der Waals surface area contributed by atoms with Crippen LogP contribution in [0.5, 0.6) is 0 Å². The number of nitrogens with zero attached hydrogens (tertiary/aromatic N) is 1. The first-order valence-corrected chi connectivity index (χ1v) is 6.45. The van der Waals surface area contributed by atoms with Gasteiger partial charge in [-0.15, -0.1) is 0 Å². The molecule has 0 radical (unpaired) electrons. The topological polar surface area (TPSA) is 86.7 Å². The molecule has 0 aromatic carbocycles. The van der Waals surface area contributed by atoms with Gasteiger partial charge in [0, 0.05) is 25.6 Å². The summed E-state index contributed by atoms with van der Waals surface area (Å²) in [4.78, 5) is 36.2. The third kappa shape index (κ3) is 3.68. The van der Waals surface area contributed by atoms with Crippen molar-refractivity contribution in [3.05, 3.63) is 0 Å². The zero-order valence-corrected chi connectivity index (χ0v) is 11.9. The second-order valence-corrected chi connectivity index (χ2v) is 5.95. The van der Waals surface area contributed by atoms with Gasteiger partial charge in [-0.1, -0.05) is 0 Å². The molecule has 6 nitrogen and oxygen atoms in total. The average molecular weight is 270 g/mol. The van der Waals surface area contributed by atoms with E-state index >= 15 is 0 Å². The average Bonchev–Trinajstić information content (AvgIpc) is 2.68. The van der Waals surface area contributed by atoms with Crippen LogP contribution in [-0.2, 0) is 14.4 Å². The second-order valence-electron chi connectivity index (χ2n) is 5.95. The molecular weight excluding hydrogens is 248 g/mol. The van der Waals surface area contributed by atoms with Crippen molar-refractivity contribution in [3.63, 3.8) is 0 Å². The lowest BCUT2D eigenvalue weighted by Crippen LogP contribution is -2.42. The van der Waals surface area contributed by atoms with Crippen LogP contribution in [0.25, 0.3) is 0 Å². The van der Waals surface area contributed by atoms with Gasteiger partial charge in [-0.05, 0) is 27.7 Å². The van der Waals surface area contributed by atoms with Crippen LogP contribution >= 0.6 is 0 Å². The largest absolute Gasteiger partial charge is 0.481 e. The van der Waals surface area contributed by atoms with E-state index in [4.69, 9.17) is 5.11 Å². The first-order valence-electron chi connectivity index (χ1n) is 6.45. The Morgan fingerprint density at radius 1 is 1.47 bits per heavy atom. The Morgan fingerprint density at radius 3 is 2.47 bits per heavy atom. The summed E-state index contributed by atoms with van der Waals surface area (Å²) in [6.45, 7) is 7.40. The third-order valence-corrected chi connectivity index (χ3v) is 3.44. The highest BCUT2D eigenvalue weighted by atomic mass is 16.4. The maximum Gasteiger partial charge on any atom is 0.310 e. The second kappa shape index (κ2) is 5.59. The predicted octanol–water partition coefficient (Wildman–Crippen LogP) is 0.470. The van der Waals surface area contributed by atoms with Crippen LogP contribution in [0.15, 0.2) is 0 Å². The SMILES string of the molecule is CC(C)N1CC(C(=O)NCC(C)(C)C(=O)O)CC1=O. The molecule has 1 saturated heterocycles. The van der Waals surface area contributed by atoms with Gasteiger partial charge in [-0.2, -0.15) is 0 Å². The van der Waals surface area contributed by atoms with Crippen molar-refractivity contribution in [2.75, 3.05) is 13.1 Å². The van der Waals surface area contributed by atoms with Crippen molar-refractivity contribution in [1.29, 1.82) is 0 Å². The highest BCUT2D eigenvalue weighted by Crippen LogP contribution is 2.21. The molecule has 0 aromatic rings. The van der Waals surface area contributed by atoms with E-state index in [1.165, 1.54) is 0 Å². The number of likely N-dealkylation sites (tertiary alicyclic amines) is 1. The molecule has 1 fully saturated rings. The molecule has 2 N–H and O–H groups in total. The van der Waals surface area contributed by atoms with Crippen LogP contribution in [0.4, 0.5) is 0 Å². The van der Waals surface area contributed by atoms with Gasteiger partial charge in [0.25, 0.3) is 0 Å². The fraction of sp³-hybridized carbons (Fsp3) is 0.769. The van der Waals surface area contributed by atoms with Crippen molar-refractivity contribution in [3.8, 4) is 0 Å². The van der Waals surface area contributed by atoms with Gasteiger partial charge >= 0.3 is 5.97 Å².